The van der Waals surface area contributed by atoms with Crippen LogP contribution in [0.5, 0.6) is 0 Å². The van der Waals surface area contributed by atoms with E-state index in [0.717, 1.165) is 19.4 Å². The van der Waals surface area contributed by atoms with Crippen molar-refractivity contribution in [2.45, 2.75) is 25.9 Å². The number of anilines is 1. The zero-order valence-corrected chi connectivity index (χ0v) is 16.3. The lowest BCUT2D eigenvalue weighted by atomic mass is 10.1. The van der Waals surface area contributed by atoms with Gasteiger partial charge in [-0.15, -0.1) is 0 Å². The first-order valence-electron chi connectivity index (χ1n) is 9.65. The number of nitrogens with one attached hydrogen (secondary N) is 2. The zero-order valence-electron chi connectivity index (χ0n) is 16.3. The van der Waals surface area contributed by atoms with E-state index in [4.69, 9.17) is 9.47 Å². The molecule has 7 heteroatoms. The third-order valence-corrected chi connectivity index (χ3v) is 4.56. The van der Waals surface area contributed by atoms with Crippen molar-refractivity contribution in [3.05, 3.63) is 65.2 Å². The molecule has 29 heavy (non-hydrogen) atoms. The van der Waals surface area contributed by atoms with Crippen LogP contribution in [-0.4, -0.2) is 43.6 Å². The van der Waals surface area contributed by atoms with Gasteiger partial charge in [0.2, 0.25) is 0 Å². The highest BCUT2D eigenvalue weighted by Gasteiger charge is 2.17. The molecule has 0 aromatic heterocycles. The fourth-order valence-corrected chi connectivity index (χ4v) is 3.02. The first-order valence-corrected chi connectivity index (χ1v) is 9.65. The molecule has 0 spiro atoms. The first-order chi connectivity index (χ1) is 14.1. The second kappa shape index (κ2) is 9.84. The molecule has 0 aliphatic carbocycles. The number of esters is 1. The summed E-state index contributed by atoms with van der Waals surface area (Å²) in [7, 11) is 0. The molecule has 1 fully saturated rings. The minimum Gasteiger partial charge on any atom is -0.462 e. The monoisotopic (exact) mass is 396 g/mol. The van der Waals surface area contributed by atoms with E-state index in [9.17, 15) is 14.4 Å². The normalized spacial score (nSPS) is 15.6. The Morgan fingerprint density at radius 3 is 2.41 bits per heavy atom. The topological polar surface area (TPSA) is 93.7 Å². The highest BCUT2D eigenvalue weighted by atomic mass is 16.5. The van der Waals surface area contributed by atoms with Crippen molar-refractivity contribution in [1.29, 1.82) is 0 Å². The van der Waals surface area contributed by atoms with Crippen molar-refractivity contribution in [1.82, 2.24) is 5.32 Å². The van der Waals surface area contributed by atoms with E-state index < -0.39 is 5.97 Å². The van der Waals surface area contributed by atoms with Crippen LogP contribution in [0.2, 0.25) is 0 Å². The minimum absolute atomic E-state index is 0.0583. The molecule has 2 amide bonds. The van der Waals surface area contributed by atoms with Crippen molar-refractivity contribution in [2.24, 2.45) is 0 Å². The van der Waals surface area contributed by atoms with Crippen molar-refractivity contribution >= 4 is 23.5 Å². The Bertz CT molecular complexity index is 873. The van der Waals surface area contributed by atoms with Gasteiger partial charge >= 0.3 is 5.97 Å². The lowest BCUT2D eigenvalue weighted by molar-refractivity contribution is 0.0526. The molecule has 7 nitrogen and oxygen atoms in total. The molecule has 152 valence electrons. The van der Waals surface area contributed by atoms with Gasteiger partial charge in [-0.25, -0.2) is 4.79 Å². The summed E-state index contributed by atoms with van der Waals surface area (Å²) in [5.41, 5.74) is 1.73. The Morgan fingerprint density at radius 2 is 1.76 bits per heavy atom. The van der Waals surface area contributed by atoms with Crippen molar-refractivity contribution in [3.8, 4) is 0 Å². The first kappa shape index (κ1) is 20.5. The van der Waals surface area contributed by atoms with Crippen LogP contribution in [0.25, 0.3) is 0 Å². The average molecular weight is 396 g/mol. The summed E-state index contributed by atoms with van der Waals surface area (Å²) >= 11 is 0. The number of carbonyl (C=O) groups excluding carboxylic acids is 3. The van der Waals surface area contributed by atoms with Gasteiger partial charge in [-0.1, -0.05) is 6.07 Å². The van der Waals surface area contributed by atoms with Gasteiger partial charge in [0, 0.05) is 30.0 Å². The van der Waals surface area contributed by atoms with Crippen LogP contribution >= 0.6 is 0 Å². The van der Waals surface area contributed by atoms with Crippen LogP contribution in [-0.2, 0) is 9.47 Å². The molecule has 0 saturated carbocycles. The quantitative estimate of drug-likeness (QED) is 0.702. The molecule has 1 aliphatic heterocycles. The highest BCUT2D eigenvalue weighted by Crippen LogP contribution is 2.14. The summed E-state index contributed by atoms with van der Waals surface area (Å²) in [6, 6.07) is 12.9. The minimum atomic E-state index is -0.410. The molecule has 2 N–H and O–H groups in total. The van der Waals surface area contributed by atoms with Crippen LogP contribution in [0.3, 0.4) is 0 Å². The summed E-state index contributed by atoms with van der Waals surface area (Å²) in [4.78, 5) is 36.6. The van der Waals surface area contributed by atoms with Crippen molar-refractivity contribution < 1.29 is 23.9 Å². The van der Waals surface area contributed by atoms with Gasteiger partial charge in [0.15, 0.2) is 0 Å². The smallest absolute Gasteiger partial charge is 0.338 e. The van der Waals surface area contributed by atoms with E-state index in [0.29, 0.717) is 35.5 Å². The Hall–Kier alpha value is -3.19. The molecule has 2 aromatic carbocycles. The van der Waals surface area contributed by atoms with Crippen molar-refractivity contribution in [2.75, 3.05) is 25.1 Å². The maximum absolute atomic E-state index is 12.5. The Kier molecular flexibility index (Phi) is 6.97. The fraction of sp³-hybridized carbons (Fsp3) is 0.318. The molecule has 3 rings (SSSR count). The lowest BCUT2D eigenvalue weighted by Crippen LogP contribution is -2.31. The summed E-state index contributed by atoms with van der Waals surface area (Å²) in [5.74, 6) is -0.997. The van der Waals surface area contributed by atoms with E-state index >= 15 is 0 Å². The summed E-state index contributed by atoms with van der Waals surface area (Å²) in [5, 5.41) is 5.60. The SMILES string of the molecule is CCOC(=O)c1ccc(NC(=O)c2cccc(C(=O)NCC3CCCO3)c2)cc1. The Balaban J connectivity index is 1.60. The molecule has 1 saturated heterocycles. The zero-order chi connectivity index (χ0) is 20.6. The lowest BCUT2D eigenvalue weighted by Gasteiger charge is -2.11. The van der Waals surface area contributed by atoms with Gasteiger partial charge in [0.1, 0.15) is 0 Å². The third kappa shape index (κ3) is 5.65. The van der Waals surface area contributed by atoms with Crippen LogP contribution in [0.1, 0.15) is 50.8 Å². The number of ether oxygens (including phenoxy) is 2. The third-order valence-electron chi connectivity index (χ3n) is 4.56. The van der Waals surface area contributed by atoms with Crippen LogP contribution in [0.15, 0.2) is 48.5 Å². The maximum atomic E-state index is 12.5. The van der Waals surface area contributed by atoms with Crippen LogP contribution in [0.4, 0.5) is 5.69 Å². The summed E-state index contributed by atoms with van der Waals surface area (Å²) < 4.78 is 10.4. The van der Waals surface area contributed by atoms with E-state index in [-0.39, 0.29) is 17.9 Å². The van der Waals surface area contributed by atoms with Crippen LogP contribution in [0, 0.1) is 0 Å². The predicted molar refractivity (Wildman–Crippen MR) is 108 cm³/mol. The van der Waals surface area contributed by atoms with E-state index in [1.807, 2.05) is 0 Å². The second-order valence-electron chi connectivity index (χ2n) is 6.68. The molecule has 2 aromatic rings. The number of hydrogen-bond donors (Lipinski definition) is 2. The van der Waals surface area contributed by atoms with Crippen LogP contribution < -0.4 is 10.6 Å². The van der Waals surface area contributed by atoms with Gasteiger partial charge in [-0.3, -0.25) is 9.59 Å². The average Bonchev–Trinajstić information content (AvgIpc) is 3.26. The molecule has 0 bridgehead atoms. The Labute approximate surface area is 169 Å². The van der Waals surface area contributed by atoms with E-state index in [2.05, 4.69) is 10.6 Å². The predicted octanol–water partition coefficient (Wildman–Crippen LogP) is 3.02. The molecule has 0 radical (unpaired) electrons. The number of amides is 2. The fourth-order valence-electron chi connectivity index (χ4n) is 3.02. The van der Waals surface area contributed by atoms with E-state index in [1.165, 1.54) is 0 Å². The molecular weight excluding hydrogens is 372 g/mol. The van der Waals surface area contributed by atoms with Gasteiger partial charge < -0.3 is 20.1 Å². The Morgan fingerprint density at radius 1 is 1.03 bits per heavy atom. The second-order valence-corrected chi connectivity index (χ2v) is 6.68. The van der Waals surface area contributed by atoms with Gasteiger partial charge in [0.25, 0.3) is 11.8 Å². The maximum Gasteiger partial charge on any atom is 0.338 e. The van der Waals surface area contributed by atoms with Gasteiger partial charge in [-0.05, 0) is 62.2 Å². The molecule has 1 heterocycles. The summed E-state index contributed by atoms with van der Waals surface area (Å²) in [6.07, 6.45) is 2.01. The number of carbonyl (C=O) groups is 3. The number of hydrogen-bond acceptors (Lipinski definition) is 5. The number of benzene rings is 2. The molecule has 1 aliphatic rings. The van der Waals surface area contributed by atoms with Gasteiger partial charge in [0.05, 0.1) is 18.3 Å². The summed E-state index contributed by atoms with van der Waals surface area (Å²) in [6.45, 7) is 3.23. The molecule has 1 unspecified atom stereocenters. The van der Waals surface area contributed by atoms with Crippen molar-refractivity contribution in [3.63, 3.8) is 0 Å². The van der Waals surface area contributed by atoms with E-state index in [1.54, 1.807) is 55.5 Å². The number of rotatable bonds is 7. The van der Waals surface area contributed by atoms with Gasteiger partial charge in [-0.2, -0.15) is 0 Å². The standard InChI is InChI=1S/C22H24N2O5/c1-2-28-22(27)15-8-10-18(11-9-15)24-21(26)17-6-3-5-16(13-17)20(25)23-14-19-7-4-12-29-19/h3,5-6,8-11,13,19H,2,4,7,12,14H2,1H3,(H,23,25)(H,24,26). The largest absolute Gasteiger partial charge is 0.462 e. The molecular formula is C22H24N2O5. The molecule has 1 atom stereocenters. The highest BCUT2D eigenvalue weighted by molar-refractivity contribution is 6.06.